The highest BCUT2D eigenvalue weighted by Gasteiger charge is 2.13. The van der Waals surface area contributed by atoms with Crippen molar-refractivity contribution in [2.75, 3.05) is 0 Å². The summed E-state index contributed by atoms with van der Waals surface area (Å²) in [6, 6.07) is 16.0. The maximum atomic E-state index is 6.07. The molecule has 21 heavy (non-hydrogen) atoms. The van der Waals surface area contributed by atoms with E-state index in [1.807, 2.05) is 55.5 Å². The van der Waals surface area contributed by atoms with Crippen molar-refractivity contribution in [3.8, 4) is 5.75 Å². The summed E-state index contributed by atoms with van der Waals surface area (Å²) in [4.78, 5) is 7.89. The predicted molar refractivity (Wildman–Crippen MR) is 85.5 cm³/mol. The quantitative estimate of drug-likeness (QED) is 0.701. The molecule has 0 saturated carbocycles. The molecule has 0 amide bonds. The lowest BCUT2D eigenvalue weighted by atomic mass is 10.1. The number of rotatable bonds is 5. The lowest BCUT2D eigenvalue weighted by Crippen LogP contribution is -2.06. The molecule has 3 rings (SSSR count). The fourth-order valence-corrected chi connectivity index (χ4v) is 2.35. The number of aromatic nitrogens is 2. The lowest BCUT2D eigenvalue weighted by Gasteiger charge is -2.15. The molecule has 1 atom stereocenters. The highest BCUT2D eigenvalue weighted by Crippen LogP contribution is 2.25. The topological polar surface area (TPSA) is 37.9 Å². The number of aromatic amines is 1. The van der Waals surface area contributed by atoms with Gasteiger partial charge in [-0.3, -0.25) is 0 Å². The number of nitrogens with zero attached hydrogens (tertiary/aromatic N) is 1. The number of benzene rings is 2. The van der Waals surface area contributed by atoms with E-state index in [0.717, 1.165) is 34.6 Å². The Morgan fingerprint density at radius 2 is 1.95 bits per heavy atom. The molecule has 2 aromatic carbocycles. The van der Waals surface area contributed by atoms with Crippen molar-refractivity contribution < 1.29 is 4.74 Å². The minimum absolute atomic E-state index is 0.136. The summed E-state index contributed by atoms with van der Waals surface area (Å²) in [6.45, 7) is 5.79. The summed E-state index contributed by atoms with van der Waals surface area (Å²) >= 11 is 0. The fraction of sp³-hybridized carbons (Fsp3) is 0.167. The first-order valence-corrected chi connectivity index (χ1v) is 7.08. The van der Waals surface area contributed by atoms with Gasteiger partial charge in [0.15, 0.2) is 6.10 Å². The van der Waals surface area contributed by atoms with Gasteiger partial charge >= 0.3 is 0 Å². The molecule has 1 aromatic heterocycles. The summed E-state index contributed by atoms with van der Waals surface area (Å²) in [5.41, 5.74) is 3.13. The Hall–Kier alpha value is -2.55. The second-order valence-corrected chi connectivity index (χ2v) is 5.00. The minimum Gasteiger partial charge on any atom is -0.483 e. The zero-order valence-electron chi connectivity index (χ0n) is 12.0. The van der Waals surface area contributed by atoms with Gasteiger partial charge in [-0.25, -0.2) is 4.98 Å². The van der Waals surface area contributed by atoms with Gasteiger partial charge in [0.05, 0.1) is 11.0 Å². The van der Waals surface area contributed by atoms with Crippen LogP contribution in [0.3, 0.4) is 0 Å². The van der Waals surface area contributed by atoms with E-state index in [9.17, 15) is 0 Å². The molecule has 106 valence electrons. The van der Waals surface area contributed by atoms with Gasteiger partial charge in [0.25, 0.3) is 0 Å². The number of allylic oxidation sites excluding steroid dienone is 1. The maximum absolute atomic E-state index is 6.07. The Morgan fingerprint density at radius 1 is 1.19 bits per heavy atom. The Kier molecular flexibility index (Phi) is 3.73. The van der Waals surface area contributed by atoms with Gasteiger partial charge in [0.2, 0.25) is 0 Å². The smallest absolute Gasteiger partial charge is 0.153 e. The standard InChI is InChI=1S/C18H18N2O/c1-3-8-14-9-4-7-12-17(14)21-13(2)18-19-15-10-5-6-11-16(15)20-18/h3-7,9-13H,1,8H2,2H3,(H,19,20). The average molecular weight is 278 g/mol. The molecule has 0 spiro atoms. The van der Waals surface area contributed by atoms with Crippen LogP contribution in [0.25, 0.3) is 11.0 Å². The number of hydrogen-bond donors (Lipinski definition) is 1. The molecule has 0 aliphatic rings. The van der Waals surface area contributed by atoms with Crippen molar-refractivity contribution in [1.29, 1.82) is 0 Å². The van der Waals surface area contributed by atoms with Gasteiger partial charge < -0.3 is 9.72 Å². The number of H-pyrrole nitrogens is 1. The number of ether oxygens (including phenoxy) is 1. The van der Waals surface area contributed by atoms with Gasteiger partial charge in [-0.15, -0.1) is 6.58 Å². The van der Waals surface area contributed by atoms with E-state index >= 15 is 0 Å². The molecule has 3 aromatic rings. The van der Waals surface area contributed by atoms with E-state index < -0.39 is 0 Å². The van der Waals surface area contributed by atoms with E-state index in [1.54, 1.807) is 0 Å². The second-order valence-electron chi connectivity index (χ2n) is 5.00. The van der Waals surface area contributed by atoms with Gasteiger partial charge in [0.1, 0.15) is 11.6 Å². The van der Waals surface area contributed by atoms with Crippen LogP contribution in [0.5, 0.6) is 5.75 Å². The first-order chi connectivity index (χ1) is 10.3. The van der Waals surface area contributed by atoms with Crippen molar-refractivity contribution >= 4 is 11.0 Å². The SMILES string of the molecule is C=CCc1ccccc1OC(C)c1nc2ccccc2[nH]1. The van der Waals surface area contributed by atoms with Crippen LogP contribution in [0, 0.1) is 0 Å². The molecule has 0 aliphatic carbocycles. The van der Waals surface area contributed by atoms with Gasteiger partial charge in [-0.2, -0.15) is 0 Å². The van der Waals surface area contributed by atoms with E-state index in [0.29, 0.717) is 0 Å². The van der Waals surface area contributed by atoms with Crippen LogP contribution in [0.2, 0.25) is 0 Å². The van der Waals surface area contributed by atoms with Crippen LogP contribution in [0.15, 0.2) is 61.2 Å². The predicted octanol–water partition coefficient (Wildman–Crippen LogP) is 4.43. The van der Waals surface area contributed by atoms with Crippen LogP contribution in [-0.2, 0) is 6.42 Å². The number of fused-ring (bicyclic) bond motifs is 1. The van der Waals surface area contributed by atoms with Crippen molar-refractivity contribution in [3.63, 3.8) is 0 Å². The van der Waals surface area contributed by atoms with Crippen molar-refractivity contribution in [3.05, 3.63) is 72.6 Å². The van der Waals surface area contributed by atoms with Gasteiger partial charge in [-0.1, -0.05) is 36.4 Å². The van der Waals surface area contributed by atoms with E-state index in [-0.39, 0.29) is 6.10 Å². The van der Waals surface area contributed by atoms with Gasteiger partial charge in [0, 0.05) is 0 Å². The van der Waals surface area contributed by atoms with Crippen molar-refractivity contribution in [2.45, 2.75) is 19.4 Å². The van der Waals surface area contributed by atoms with Crippen molar-refractivity contribution in [1.82, 2.24) is 9.97 Å². The Balaban J connectivity index is 1.85. The fourth-order valence-electron chi connectivity index (χ4n) is 2.35. The second kappa shape index (κ2) is 5.83. The van der Waals surface area contributed by atoms with E-state index in [2.05, 4.69) is 22.6 Å². The third-order valence-electron chi connectivity index (χ3n) is 3.43. The van der Waals surface area contributed by atoms with Crippen LogP contribution in [0.4, 0.5) is 0 Å². The van der Waals surface area contributed by atoms with Crippen LogP contribution < -0.4 is 4.74 Å². The summed E-state index contributed by atoms with van der Waals surface area (Å²) < 4.78 is 6.07. The number of imidazole rings is 1. The summed E-state index contributed by atoms with van der Waals surface area (Å²) in [7, 11) is 0. The average Bonchev–Trinajstić information content (AvgIpc) is 2.93. The molecule has 3 heteroatoms. The van der Waals surface area contributed by atoms with Crippen LogP contribution >= 0.6 is 0 Å². The molecule has 0 saturated heterocycles. The highest BCUT2D eigenvalue weighted by molar-refractivity contribution is 5.74. The monoisotopic (exact) mass is 278 g/mol. The number of nitrogens with one attached hydrogen (secondary N) is 1. The third kappa shape index (κ3) is 2.82. The largest absolute Gasteiger partial charge is 0.483 e. The number of hydrogen-bond acceptors (Lipinski definition) is 2. The Morgan fingerprint density at radius 3 is 2.76 bits per heavy atom. The Bertz CT molecular complexity index is 728. The first-order valence-electron chi connectivity index (χ1n) is 7.08. The first kappa shape index (κ1) is 13.4. The highest BCUT2D eigenvalue weighted by atomic mass is 16.5. The third-order valence-corrected chi connectivity index (χ3v) is 3.43. The normalized spacial score (nSPS) is 12.2. The molecule has 1 unspecified atom stereocenters. The summed E-state index contributed by atoms with van der Waals surface area (Å²) in [5.74, 6) is 1.72. The molecule has 1 N–H and O–H groups in total. The molecule has 0 fully saturated rings. The van der Waals surface area contributed by atoms with Crippen LogP contribution in [0.1, 0.15) is 24.4 Å². The molecular weight excluding hydrogens is 260 g/mol. The summed E-state index contributed by atoms with van der Waals surface area (Å²) in [6.07, 6.45) is 2.54. The molecule has 0 radical (unpaired) electrons. The lowest BCUT2D eigenvalue weighted by molar-refractivity contribution is 0.216. The summed E-state index contributed by atoms with van der Waals surface area (Å²) in [5, 5.41) is 0. The Labute approximate surface area is 124 Å². The number of para-hydroxylation sites is 3. The minimum atomic E-state index is -0.136. The zero-order valence-corrected chi connectivity index (χ0v) is 12.0. The van der Waals surface area contributed by atoms with Crippen molar-refractivity contribution in [2.24, 2.45) is 0 Å². The van der Waals surface area contributed by atoms with E-state index in [4.69, 9.17) is 4.74 Å². The molecule has 1 heterocycles. The maximum Gasteiger partial charge on any atom is 0.153 e. The van der Waals surface area contributed by atoms with Crippen LogP contribution in [-0.4, -0.2) is 9.97 Å². The molecule has 3 nitrogen and oxygen atoms in total. The zero-order chi connectivity index (χ0) is 14.7. The molecular formula is C18H18N2O. The molecule has 0 aliphatic heterocycles. The van der Waals surface area contributed by atoms with E-state index in [1.165, 1.54) is 0 Å². The van der Waals surface area contributed by atoms with Gasteiger partial charge in [-0.05, 0) is 37.1 Å². The molecule has 0 bridgehead atoms.